The van der Waals surface area contributed by atoms with Gasteiger partial charge in [0.15, 0.2) is 0 Å². The van der Waals surface area contributed by atoms with E-state index in [4.69, 9.17) is 5.73 Å². The highest BCUT2D eigenvalue weighted by Crippen LogP contribution is 2.14. The van der Waals surface area contributed by atoms with Gasteiger partial charge < -0.3 is 14.9 Å². The Morgan fingerprint density at radius 3 is 3.12 bits per heavy atom. The fraction of sp³-hybridized carbons (Fsp3) is 0.273. The Bertz CT molecular complexity index is 474. The van der Waals surface area contributed by atoms with Crippen LogP contribution >= 0.6 is 0 Å². The first-order chi connectivity index (χ1) is 7.70. The van der Waals surface area contributed by atoms with Crippen LogP contribution in [0.2, 0.25) is 0 Å². The molecule has 0 aliphatic rings. The first kappa shape index (κ1) is 10.6. The number of imidazole rings is 1. The normalized spacial score (nSPS) is 12.6. The second kappa shape index (κ2) is 4.32. The van der Waals surface area contributed by atoms with Crippen molar-refractivity contribution in [3.05, 3.63) is 36.3 Å². The van der Waals surface area contributed by atoms with Gasteiger partial charge in [-0.25, -0.2) is 4.98 Å². The number of nitrogens with zero attached hydrogens (tertiary/aromatic N) is 2. The third-order valence-corrected chi connectivity index (χ3v) is 2.38. The van der Waals surface area contributed by atoms with Crippen molar-refractivity contribution in [2.75, 3.05) is 7.11 Å². The van der Waals surface area contributed by atoms with Gasteiger partial charge in [0, 0.05) is 12.4 Å². The zero-order valence-corrected chi connectivity index (χ0v) is 8.96. The molecule has 0 aliphatic carbocycles. The van der Waals surface area contributed by atoms with Crippen LogP contribution < -0.4 is 5.73 Å². The number of nitrogens with two attached hydrogens (primary N) is 1. The number of ether oxygens (including phenoxy) is 1. The molecule has 0 bridgehead atoms. The minimum Gasteiger partial charge on any atom is -0.469 e. The third-order valence-electron chi connectivity index (χ3n) is 2.38. The van der Waals surface area contributed by atoms with Crippen LogP contribution in [0.25, 0.3) is 5.65 Å². The average molecular weight is 219 g/mol. The Hall–Kier alpha value is -1.88. The van der Waals surface area contributed by atoms with Crippen LogP contribution in [-0.4, -0.2) is 22.5 Å². The zero-order valence-electron chi connectivity index (χ0n) is 8.96. The Kier molecular flexibility index (Phi) is 2.87. The van der Waals surface area contributed by atoms with Gasteiger partial charge in [0.2, 0.25) is 0 Å². The smallest absolute Gasteiger partial charge is 0.307 e. The van der Waals surface area contributed by atoms with Crippen LogP contribution in [0.4, 0.5) is 0 Å². The molecule has 0 saturated heterocycles. The van der Waals surface area contributed by atoms with Crippen molar-refractivity contribution in [3.63, 3.8) is 0 Å². The predicted octanol–water partition coefficient (Wildman–Crippen LogP) is 0.897. The van der Waals surface area contributed by atoms with Crippen molar-refractivity contribution >= 4 is 11.6 Å². The predicted molar refractivity (Wildman–Crippen MR) is 58.8 cm³/mol. The van der Waals surface area contributed by atoms with E-state index in [1.54, 1.807) is 0 Å². The molecule has 0 unspecified atom stereocenters. The number of hydrogen-bond donors (Lipinski definition) is 1. The number of hydrogen-bond acceptors (Lipinski definition) is 4. The lowest BCUT2D eigenvalue weighted by atomic mass is 10.2. The van der Waals surface area contributed by atoms with E-state index >= 15 is 0 Å². The number of methoxy groups -OCH3 is 1. The molecule has 84 valence electrons. The number of fused-ring (bicyclic) bond motifs is 1. The summed E-state index contributed by atoms with van der Waals surface area (Å²) in [4.78, 5) is 15.4. The summed E-state index contributed by atoms with van der Waals surface area (Å²) in [6.07, 6.45) is 3.85. The minimum atomic E-state index is -0.424. The highest BCUT2D eigenvalue weighted by atomic mass is 16.5. The van der Waals surface area contributed by atoms with Crippen LogP contribution in [-0.2, 0) is 9.53 Å². The Balaban J connectivity index is 2.23. The summed E-state index contributed by atoms with van der Waals surface area (Å²) in [6, 6.07) is 5.27. The highest BCUT2D eigenvalue weighted by Gasteiger charge is 2.14. The van der Waals surface area contributed by atoms with E-state index < -0.39 is 6.04 Å². The summed E-state index contributed by atoms with van der Waals surface area (Å²) in [6.45, 7) is 0. The molecule has 2 rings (SSSR count). The minimum absolute atomic E-state index is 0.139. The first-order valence-corrected chi connectivity index (χ1v) is 4.96. The van der Waals surface area contributed by atoms with Gasteiger partial charge in [-0.2, -0.15) is 0 Å². The first-order valence-electron chi connectivity index (χ1n) is 4.96. The monoisotopic (exact) mass is 219 g/mol. The summed E-state index contributed by atoms with van der Waals surface area (Å²) in [5, 5.41) is 0. The lowest BCUT2D eigenvalue weighted by Gasteiger charge is -2.05. The van der Waals surface area contributed by atoms with E-state index in [2.05, 4.69) is 9.72 Å². The van der Waals surface area contributed by atoms with E-state index in [0.717, 1.165) is 5.65 Å². The number of pyridine rings is 1. The molecule has 0 aliphatic heterocycles. The second-order valence-corrected chi connectivity index (χ2v) is 3.52. The second-order valence-electron chi connectivity index (χ2n) is 3.52. The number of esters is 1. The molecule has 0 aromatic carbocycles. The molecule has 5 heteroatoms. The van der Waals surface area contributed by atoms with Crippen molar-refractivity contribution in [1.82, 2.24) is 9.38 Å². The fourth-order valence-corrected chi connectivity index (χ4v) is 1.50. The highest BCUT2D eigenvalue weighted by molar-refractivity contribution is 5.70. The Labute approximate surface area is 92.8 Å². The molecule has 2 N–H and O–H groups in total. The molecule has 0 amide bonds. The van der Waals surface area contributed by atoms with Gasteiger partial charge in [0.1, 0.15) is 5.65 Å². The van der Waals surface area contributed by atoms with Gasteiger partial charge in [-0.15, -0.1) is 0 Å². The van der Waals surface area contributed by atoms with Crippen molar-refractivity contribution in [1.29, 1.82) is 0 Å². The van der Waals surface area contributed by atoms with E-state index in [0.29, 0.717) is 5.69 Å². The molecule has 2 aromatic heterocycles. The van der Waals surface area contributed by atoms with Gasteiger partial charge in [-0.3, -0.25) is 4.79 Å². The maximum atomic E-state index is 11.1. The van der Waals surface area contributed by atoms with E-state index in [-0.39, 0.29) is 12.4 Å². The summed E-state index contributed by atoms with van der Waals surface area (Å²) < 4.78 is 6.43. The Morgan fingerprint density at radius 2 is 2.44 bits per heavy atom. The van der Waals surface area contributed by atoms with Gasteiger partial charge in [-0.05, 0) is 12.1 Å². The van der Waals surface area contributed by atoms with Gasteiger partial charge >= 0.3 is 5.97 Å². The lowest BCUT2D eigenvalue weighted by molar-refractivity contribution is -0.141. The van der Waals surface area contributed by atoms with Crippen LogP contribution in [0.5, 0.6) is 0 Å². The summed E-state index contributed by atoms with van der Waals surface area (Å²) in [7, 11) is 1.35. The number of carbonyl (C=O) groups excluding carboxylic acids is 1. The van der Waals surface area contributed by atoms with Crippen LogP contribution in [0.15, 0.2) is 30.6 Å². The molecular weight excluding hydrogens is 206 g/mol. The topological polar surface area (TPSA) is 69.6 Å². The number of carbonyl (C=O) groups is 1. The molecule has 0 saturated carbocycles. The summed E-state index contributed by atoms with van der Waals surface area (Å²) >= 11 is 0. The standard InChI is InChI=1S/C11H13N3O2/c1-16-11(15)6-8(12)9-7-14-5-3-2-4-10(14)13-9/h2-5,7-8H,6,12H2,1H3/t8-/m0/s1. The van der Waals surface area contributed by atoms with Gasteiger partial charge in [0.05, 0.1) is 25.3 Å². The maximum Gasteiger partial charge on any atom is 0.307 e. The number of rotatable bonds is 3. The van der Waals surface area contributed by atoms with Crippen LogP contribution in [0.3, 0.4) is 0 Å². The molecule has 16 heavy (non-hydrogen) atoms. The summed E-state index contributed by atoms with van der Waals surface area (Å²) in [5.74, 6) is -0.329. The molecule has 0 fully saturated rings. The quantitative estimate of drug-likeness (QED) is 0.778. The van der Waals surface area contributed by atoms with E-state index in [1.807, 2.05) is 35.0 Å². The summed E-state index contributed by atoms with van der Waals surface area (Å²) in [5.41, 5.74) is 7.37. The third kappa shape index (κ3) is 2.04. The average Bonchev–Trinajstić information content (AvgIpc) is 2.72. The van der Waals surface area contributed by atoms with E-state index in [1.165, 1.54) is 7.11 Å². The van der Waals surface area contributed by atoms with Crippen molar-refractivity contribution in [2.45, 2.75) is 12.5 Å². The number of aromatic nitrogens is 2. The molecule has 0 spiro atoms. The largest absolute Gasteiger partial charge is 0.469 e. The zero-order chi connectivity index (χ0) is 11.5. The molecule has 2 aromatic rings. The van der Waals surface area contributed by atoms with Crippen molar-refractivity contribution < 1.29 is 9.53 Å². The van der Waals surface area contributed by atoms with Gasteiger partial charge in [0.25, 0.3) is 0 Å². The molecule has 1 atom stereocenters. The molecule has 2 heterocycles. The van der Waals surface area contributed by atoms with Crippen LogP contribution in [0.1, 0.15) is 18.2 Å². The van der Waals surface area contributed by atoms with E-state index in [9.17, 15) is 4.79 Å². The lowest BCUT2D eigenvalue weighted by Crippen LogP contribution is -2.16. The van der Waals surface area contributed by atoms with Crippen molar-refractivity contribution in [3.8, 4) is 0 Å². The fourth-order valence-electron chi connectivity index (χ4n) is 1.50. The van der Waals surface area contributed by atoms with Crippen molar-refractivity contribution in [2.24, 2.45) is 5.73 Å². The molecule has 0 radical (unpaired) electrons. The van der Waals surface area contributed by atoms with Crippen LogP contribution in [0, 0.1) is 0 Å². The molecule has 5 nitrogen and oxygen atoms in total. The maximum absolute atomic E-state index is 11.1. The SMILES string of the molecule is COC(=O)C[C@H](N)c1cn2ccccc2n1. The molecular formula is C11H13N3O2. The van der Waals surface area contributed by atoms with Gasteiger partial charge in [-0.1, -0.05) is 6.07 Å². The Morgan fingerprint density at radius 1 is 1.62 bits per heavy atom.